The number of rotatable bonds is 0. The molecule has 0 saturated heterocycles. The molecule has 0 heterocycles. The van der Waals surface area contributed by atoms with E-state index < -0.39 is 0 Å². The second-order valence-electron chi connectivity index (χ2n) is 17.5. The average Bonchev–Trinajstić information content (AvgIpc) is 3.40. The summed E-state index contributed by atoms with van der Waals surface area (Å²) in [6, 6.07) is 71.1. The van der Waals surface area contributed by atoms with Crippen molar-refractivity contribution in [2.45, 2.75) is 6.42 Å². The predicted octanol–water partition coefficient (Wildman–Crippen LogP) is 9.86. The Morgan fingerprint density at radius 2 is 0.765 bits per heavy atom. The zero-order valence-corrected chi connectivity index (χ0v) is 37.1. The molecule has 0 N–H and O–H groups in total. The summed E-state index contributed by atoms with van der Waals surface area (Å²) in [5.41, 5.74) is 29.5. The molecular formula is C68H39+. The van der Waals surface area contributed by atoms with Crippen LogP contribution in [0.25, 0.3) is 106 Å². The topological polar surface area (TPSA) is 0 Å². The van der Waals surface area contributed by atoms with Crippen LogP contribution in [0.1, 0.15) is 34.2 Å². The molecule has 0 spiro atoms. The van der Waals surface area contributed by atoms with E-state index in [-0.39, 0.29) is 0 Å². The van der Waals surface area contributed by atoms with Crippen LogP contribution >= 0.6 is 0 Å². The van der Waals surface area contributed by atoms with E-state index in [0.29, 0.717) is 0 Å². The molecule has 0 nitrogen and oxygen atoms in total. The molecule has 68 heavy (non-hydrogen) atoms. The fraction of sp³-hybridized carbons (Fsp3) is 0.0147. The maximum Gasteiger partial charge on any atom is 0.100 e. The van der Waals surface area contributed by atoms with Crippen LogP contribution in [0.5, 0.6) is 0 Å². The molecule has 2 aliphatic carbocycles. The predicted molar refractivity (Wildman–Crippen MR) is 286 cm³/mol. The van der Waals surface area contributed by atoms with Crippen molar-refractivity contribution in [3.05, 3.63) is 282 Å². The Labute approximate surface area is 392 Å². The molecule has 11 aromatic carbocycles. The van der Waals surface area contributed by atoms with Gasteiger partial charge in [-0.25, -0.2) is 0 Å². The van der Waals surface area contributed by atoms with E-state index in [9.17, 15) is 0 Å². The highest BCUT2D eigenvalue weighted by Gasteiger charge is 2.26. The largest absolute Gasteiger partial charge is 0.102 e. The summed E-state index contributed by atoms with van der Waals surface area (Å²) in [7, 11) is 0. The second kappa shape index (κ2) is 16.3. The minimum absolute atomic E-state index is 0.912. The first-order valence-corrected chi connectivity index (χ1v) is 23.2. The van der Waals surface area contributed by atoms with Crippen molar-refractivity contribution in [2.24, 2.45) is 0 Å². The highest BCUT2D eigenvalue weighted by atomic mass is 14.2. The zero-order chi connectivity index (χ0) is 45.0. The van der Waals surface area contributed by atoms with Gasteiger partial charge in [-0.1, -0.05) is 168 Å². The van der Waals surface area contributed by atoms with Crippen LogP contribution in [-0.2, 0) is 0 Å². The second-order valence-corrected chi connectivity index (χ2v) is 17.5. The monoisotopic (exact) mass is 855 g/mol. The molecule has 0 aliphatic heterocycles. The van der Waals surface area contributed by atoms with Crippen LogP contribution in [0, 0.1) is 6.42 Å². The molecule has 0 fully saturated rings. The molecule has 0 amide bonds. The number of fused-ring (bicyclic) bond motifs is 8. The van der Waals surface area contributed by atoms with Crippen molar-refractivity contribution in [3.8, 4) is 0 Å². The van der Waals surface area contributed by atoms with Gasteiger partial charge < -0.3 is 0 Å². The van der Waals surface area contributed by atoms with Crippen molar-refractivity contribution >= 4 is 106 Å². The SMILES string of the molecule is C(=C=c1c2ccccc2c(=C=C2c3ccccc3[CH+]c3ccccc32)c2ccccc12)=c1ccc(=C=C=c2c3ccccc3c(=C=c3c4c(cc5ccccc35)C=CCC=4)c3ccccc23)cc1. The van der Waals surface area contributed by atoms with E-state index >= 15 is 0 Å². The average molecular weight is 856 g/mol. The Morgan fingerprint density at radius 3 is 1.26 bits per heavy atom. The lowest BCUT2D eigenvalue weighted by molar-refractivity contribution is 1.34. The van der Waals surface area contributed by atoms with Crippen LogP contribution in [-0.4, -0.2) is 0 Å². The molecule has 11 aromatic rings. The molecule has 0 bridgehead atoms. The number of benzene rings is 11. The Bertz CT molecular complexity index is 4540. The van der Waals surface area contributed by atoms with E-state index in [1.165, 1.54) is 43.8 Å². The van der Waals surface area contributed by atoms with Gasteiger partial charge in [-0.2, -0.15) is 0 Å². The van der Waals surface area contributed by atoms with Gasteiger partial charge >= 0.3 is 0 Å². The summed E-state index contributed by atoms with van der Waals surface area (Å²) < 4.78 is 0. The number of hydrogen-bond acceptors (Lipinski definition) is 0. The quantitative estimate of drug-likeness (QED) is 0.105. The smallest absolute Gasteiger partial charge is 0.100 e. The number of hydrogen-bond donors (Lipinski definition) is 0. The van der Waals surface area contributed by atoms with Gasteiger partial charge in [-0.3, -0.25) is 0 Å². The first kappa shape index (κ1) is 39.1. The van der Waals surface area contributed by atoms with Crippen molar-refractivity contribution in [1.82, 2.24) is 0 Å². The van der Waals surface area contributed by atoms with E-state index in [0.717, 1.165) is 91.6 Å². The normalized spacial score (nSPS) is 12.1. The van der Waals surface area contributed by atoms with Gasteiger partial charge in [0.25, 0.3) is 0 Å². The Kier molecular flexibility index (Phi) is 9.40. The maximum absolute atomic E-state index is 4.01. The third kappa shape index (κ3) is 6.66. The summed E-state index contributed by atoms with van der Waals surface area (Å²) in [5, 5.41) is 19.9. The first-order valence-electron chi connectivity index (χ1n) is 23.2. The van der Waals surface area contributed by atoms with Gasteiger partial charge in [-0.05, 0) is 138 Å². The maximum atomic E-state index is 4.01. The highest BCUT2D eigenvalue weighted by molar-refractivity contribution is 6.04. The zero-order valence-electron chi connectivity index (χ0n) is 37.1. The van der Waals surface area contributed by atoms with E-state index in [1.807, 2.05) is 0 Å². The lowest BCUT2D eigenvalue weighted by Crippen LogP contribution is -2.30. The van der Waals surface area contributed by atoms with Crippen LogP contribution < -0.4 is 41.7 Å². The van der Waals surface area contributed by atoms with Crippen molar-refractivity contribution < 1.29 is 0 Å². The van der Waals surface area contributed by atoms with Gasteiger partial charge in [0, 0.05) is 55.1 Å². The molecule has 13 rings (SSSR count). The van der Waals surface area contributed by atoms with E-state index in [1.54, 1.807) is 0 Å². The molecule has 2 aliphatic rings. The molecule has 0 radical (unpaired) electrons. The lowest BCUT2D eigenvalue weighted by atomic mass is 9.82. The van der Waals surface area contributed by atoms with E-state index in [4.69, 9.17) is 0 Å². The highest BCUT2D eigenvalue weighted by Crippen LogP contribution is 2.36. The fourth-order valence-corrected chi connectivity index (χ4v) is 10.4. The third-order valence-electron chi connectivity index (χ3n) is 13.6. The van der Waals surface area contributed by atoms with Gasteiger partial charge in [0.1, 0.15) is 5.57 Å². The Balaban J connectivity index is 1.05. The van der Waals surface area contributed by atoms with Gasteiger partial charge in [0.05, 0.1) is 22.3 Å². The summed E-state index contributed by atoms with van der Waals surface area (Å²) in [6.07, 6.45) is 10.0. The van der Waals surface area contributed by atoms with Gasteiger partial charge in [-0.15, -0.1) is 5.73 Å². The van der Waals surface area contributed by atoms with Crippen molar-refractivity contribution in [3.63, 3.8) is 0 Å². The molecule has 0 unspecified atom stereocenters. The molecule has 0 heteroatoms. The summed E-state index contributed by atoms with van der Waals surface area (Å²) in [4.78, 5) is 0. The van der Waals surface area contributed by atoms with Crippen LogP contribution in [0.3, 0.4) is 0 Å². The van der Waals surface area contributed by atoms with Gasteiger partial charge in [0.15, 0.2) is 0 Å². The van der Waals surface area contributed by atoms with Crippen LogP contribution in [0.2, 0.25) is 0 Å². The summed E-state index contributed by atoms with van der Waals surface area (Å²) >= 11 is 0. The molecule has 0 saturated carbocycles. The first-order chi connectivity index (χ1) is 33.7. The third-order valence-corrected chi connectivity index (χ3v) is 13.6. The molecule has 0 atom stereocenters. The molecule has 310 valence electrons. The summed E-state index contributed by atoms with van der Waals surface area (Å²) in [6.45, 7) is 0. The molecule has 0 aromatic heterocycles. The van der Waals surface area contributed by atoms with Gasteiger partial charge in [0.2, 0.25) is 0 Å². The lowest BCUT2D eigenvalue weighted by Gasteiger charge is -2.14. The van der Waals surface area contributed by atoms with E-state index in [2.05, 4.69) is 259 Å². The number of allylic oxidation sites excluding steroid dienone is 1. The van der Waals surface area contributed by atoms with Crippen LogP contribution in [0.15, 0.2) is 206 Å². The van der Waals surface area contributed by atoms with Crippen molar-refractivity contribution in [2.75, 3.05) is 0 Å². The minimum Gasteiger partial charge on any atom is -0.102 e. The Morgan fingerprint density at radius 1 is 0.353 bits per heavy atom. The minimum atomic E-state index is 0.912. The standard InChI is InChI=1S/C68H39/c1-5-21-51-47(17-1)41-48-18-2-6-22-52(48)65(51)43-67-59-29-13-9-25-55(59)63(56-26-10-14-30-60(56)67)39-37-45-33-35-46(36-34-45)38-40-64-57-27-11-15-31-61(57)68(62-32-16-12-28-58(62)64)44-66-53-23-7-3-19-49(53)42-50-20-4-8-24-54(50)66/h1-7,9-36,41-42H,8H2/q+1. The molecular weight excluding hydrogens is 817 g/mol. The summed E-state index contributed by atoms with van der Waals surface area (Å²) in [5.74, 6) is 0. The Hall–Kier alpha value is -9.25. The fourth-order valence-electron chi connectivity index (χ4n) is 10.4. The van der Waals surface area contributed by atoms with Crippen molar-refractivity contribution in [1.29, 1.82) is 0 Å². The van der Waals surface area contributed by atoms with Crippen LogP contribution in [0.4, 0.5) is 0 Å².